The summed E-state index contributed by atoms with van der Waals surface area (Å²) < 4.78 is 4.85. The summed E-state index contributed by atoms with van der Waals surface area (Å²) in [6, 6.07) is 0. The first-order valence-corrected chi connectivity index (χ1v) is 4.10. The van der Waals surface area contributed by atoms with Gasteiger partial charge in [0.05, 0.1) is 0 Å². The van der Waals surface area contributed by atoms with E-state index in [2.05, 4.69) is 0 Å². The predicted octanol–water partition coefficient (Wildman–Crippen LogP) is 0.961. The summed E-state index contributed by atoms with van der Waals surface area (Å²) in [5.41, 5.74) is 0. The monoisotopic (exact) mass is 180 g/mol. The number of carbonyl (C=O) groups excluding carboxylic acids is 1. The molecule has 70 valence electrons. The van der Waals surface area contributed by atoms with E-state index in [1.165, 1.54) is 12.2 Å². The van der Waals surface area contributed by atoms with E-state index in [0.717, 1.165) is 0 Å². The third-order valence-electron chi connectivity index (χ3n) is 1.62. The second kappa shape index (κ2) is 4.62. The smallest absolute Gasteiger partial charge is 0.331 e. The lowest BCUT2D eigenvalue weighted by Crippen LogP contribution is -2.31. The molecule has 13 heavy (non-hydrogen) atoms. The fourth-order valence-electron chi connectivity index (χ4n) is 0.968. The quantitative estimate of drug-likeness (QED) is 0.508. The van der Waals surface area contributed by atoms with Crippen molar-refractivity contribution in [2.45, 2.75) is 19.1 Å². The molecule has 2 atom stereocenters. The van der Waals surface area contributed by atoms with Crippen LogP contribution in [0.4, 0.5) is 0 Å². The molecular weight excluding hydrogens is 168 g/mol. The first-order chi connectivity index (χ1) is 6.24. The maximum atomic E-state index is 10.8. The largest absolute Gasteiger partial charge is 0.452 e. The summed E-state index contributed by atoms with van der Waals surface area (Å²) in [5, 5.41) is 9.35. The Hall–Kier alpha value is -1.35. The molecule has 0 saturated carbocycles. The zero-order valence-electron chi connectivity index (χ0n) is 7.38. The van der Waals surface area contributed by atoms with E-state index in [-0.39, 0.29) is 0 Å². The van der Waals surface area contributed by atoms with Gasteiger partial charge in [0.1, 0.15) is 12.2 Å². The van der Waals surface area contributed by atoms with Gasteiger partial charge in [-0.3, -0.25) is 0 Å². The number of allylic oxidation sites excluding steroid dienone is 3. The van der Waals surface area contributed by atoms with Crippen molar-refractivity contribution in [3.8, 4) is 0 Å². The molecule has 0 spiro atoms. The average molecular weight is 180 g/mol. The summed E-state index contributed by atoms with van der Waals surface area (Å²) in [4.78, 5) is 10.8. The molecule has 0 fully saturated rings. The summed E-state index contributed by atoms with van der Waals surface area (Å²) >= 11 is 0. The number of esters is 1. The fraction of sp³-hybridized carbons (Fsp3) is 0.300. The number of aliphatic hydroxyl groups is 1. The van der Waals surface area contributed by atoms with E-state index in [1.807, 2.05) is 13.0 Å². The standard InChI is InChI=1S/C10H12O3/c1-2-3-4-5-9-8(11)6-7-10(12)13-9/h2-9,11H,1H3. The van der Waals surface area contributed by atoms with Gasteiger partial charge in [0.25, 0.3) is 0 Å². The van der Waals surface area contributed by atoms with Crippen molar-refractivity contribution in [3.63, 3.8) is 0 Å². The van der Waals surface area contributed by atoms with Crippen molar-refractivity contribution in [2.75, 3.05) is 0 Å². The summed E-state index contributed by atoms with van der Waals surface area (Å²) in [7, 11) is 0. The number of aliphatic hydroxyl groups excluding tert-OH is 1. The van der Waals surface area contributed by atoms with Crippen molar-refractivity contribution >= 4 is 5.97 Å². The number of hydrogen-bond acceptors (Lipinski definition) is 3. The Morgan fingerprint density at radius 1 is 1.54 bits per heavy atom. The predicted molar refractivity (Wildman–Crippen MR) is 49.0 cm³/mol. The van der Waals surface area contributed by atoms with Gasteiger partial charge in [-0.2, -0.15) is 0 Å². The van der Waals surface area contributed by atoms with E-state index in [9.17, 15) is 9.90 Å². The second-order valence-corrected chi connectivity index (χ2v) is 2.66. The SMILES string of the molecule is CC=CC=CC1OC(=O)C=CC1O. The van der Waals surface area contributed by atoms with Gasteiger partial charge in [-0.25, -0.2) is 4.79 Å². The van der Waals surface area contributed by atoms with Crippen LogP contribution >= 0.6 is 0 Å². The molecule has 0 aliphatic carbocycles. The second-order valence-electron chi connectivity index (χ2n) is 2.66. The van der Waals surface area contributed by atoms with Crippen molar-refractivity contribution in [3.05, 3.63) is 36.5 Å². The minimum atomic E-state index is -0.737. The average Bonchev–Trinajstić information content (AvgIpc) is 2.11. The number of carbonyl (C=O) groups is 1. The minimum Gasteiger partial charge on any atom is -0.452 e. The molecule has 0 amide bonds. The van der Waals surface area contributed by atoms with Gasteiger partial charge in [0.15, 0.2) is 0 Å². The van der Waals surface area contributed by atoms with Crippen molar-refractivity contribution in [1.82, 2.24) is 0 Å². The Morgan fingerprint density at radius 3 is 3.00 bits per heavy atom. The molecular formula is C10H12O3. The Morgan fingerprint density at radius 2 is 2.31 bits per heavy atom. The highest BCUT2D eigenvalue weighted by molar-refractivity contribution is 5.83. The van der Waals surface area contributed by atoms with E-state index in [0.29, 0.717) is 0 Å². The molecule has 0 aromatic rings. The highest BCUT2D eigenvalue weighted by Gasteiger charge is 2.21. The van der Waals surface area contributed by atoms with Crippen molar-refractivity contribution in [1.29, 1.82) is 0 Å². The lowest BCUT2D eigenvalue weighted by Gasteiger charge is -2.20. The molecule has 1 rings (SSSR count). The normalized spacial score (nSPS) is 28.6. The number of rotatable bonds is 2. The molecule has 0 bridgehead atoms. The van der Waals surface area contributed by atoms with Gasteiger partial charge in [-0.15, -0.1) is 0 Å². The first kappa shape index (κ1) is 9.74. The maximum Gasteiger partial charge on any atom is 0.331 e. The van der Waals surface area contributed by atoms with Gasteiger partial charge in [-0.1, -0.05) is 18.2 Å². The van der Waals surface area contributed by atoms with Crippen LogP contribution in [0.3, 0.4) is 0 Å². The lowest BCUT2D eigenvalue weighted by atomic mass is 10.1. The van der Waals surface area contributed by atoms with E-state index < -0.39 is 18.2 Å². The summed E-state index contributed by atoms with van der Waals surface area (Å²) in [5.74, 6) is -0.416. The van der Waals surface area contributed by atoms with Crippen molar-refractivity contribution in [2.24, 2.45) is 0 Å². The van der Waals surface area contributed by atoms with Crippen LogP contribution in [0.25, 0.3) is 0 Å². The van der Waals surface area contributed by atoms with Crippen LogP contribution < -0.4 is 0 Å². The Bertz CT molecular complexity index is 263. The van der Waals surface area contributed by atoms with Crippen LogP contribution in [0, 0.1) is 0 Å². The van der Waals surface area contributed by atoms with Gasteiger partial charge in [0, 0.05) is 6.08 Å². The molecule has 1 aliphatic heterocycles. The molecule has 0 aromatic heterocycles. The Kier molecular flexibility index (Phi) is 3.46. The van der Waals surface area contributed by atoms with E-state index >= 15 is 0 Å². The molecule has 1 aliphatic rings. The molecule has 3 heteroatoms. The highest BCUT2D eigenvalue weighted by Crippen LogP contribution is 2.09. The lowest BCUT2D eigenvalue weighted by molar-refractivity contribution is -0.146. The van der Waals surface area contributed by atoms with Gasteiger partial charge in [0.2, 0.25) is 0 Å². The van der Waals surface area contributed by atoms with Crippen LogP contribution in [0.15, 0.2) is 36.5 Å². The van der Waals surface area contributed by atoms with Gasteiger partial charge in [-0.05, 0) is 19.1 Å². The molecule has 0 saturated heterocycles. The molecule has 3 nitrogen and oxygen atoms in total. The van der Waals surface area contributed by atoms with Crippen LogP contribution in [0.1, 0.15) is 6.92 Å². The third-order valence-corrected chi connectivity index (χ3v) is 1.62. The summed E-state index contributed by atoms with van der Waals surface area (Å²) in [6.07, 6.45) is 8.39. The van der Waals surface area contributed by atoms with Crippen LogP contribution in [0.2, 0.25) is 0 Å². The first-order valence-electron chi connectivity index (χ1n) is 4.10. The minimum absolute atomic E-state index is 0.416. The maximum absolute atomic E-state index is 10.8. The highest BCUT2D eigenvalue weighted by atomic mass is 16.6. The van der Waals surface area contributed by atoms with E-state index in [4.69, 9.17) is 4.74 Å². The Balaban J connectivity index is 2.59. The molecule has 0 radical (unpaired) electrons. The van der Waals surface area contributed by atoms with Gasteiger partial charge < -0.3 is 9.84 Å². The van der Waals surface area contributed by atoms with Gasteiger partial charge >= 0.3 is 5.97 Å². The third kappa shape index (κ3) is 2.87. The topological polar surface area (TPSA) is 46.5 Å². The zero-order chi connectivity index (χ0) is 9.68. The molecule has 2 unspecified atom stereocenters. The Labute approximate surface area is 77.0 Å². The fourth-order valence-corrected chi connectivity index (χ4v) is 0.968. The van der Waals surface area contributed by atoms with Crippen LogP contribution in [0.5, 0.6) is 0 Å². The molecule has 1 heterocycles. The van der Waals surface area contributed by atoms with E-state index in [1.54, 1.807) is 18.2 Å². The molecule has 1 N–H and O–H groups in total. The number of ether oxygens (including phenoxy) is 1. The molecule has 0 aromatic carbocycles. The van der Waals surface area contributed by atoms with Crippen LogP contribution in [-0.2, 0) is 9.53 Å². The van der Waals surface area contributed by atoms with Crippen LogP contribution in [-0.4, -0.2) is 23.3 Å². The van der Waals surface area contributed by atoms with Crippen molar-refractivity contribution < 1.29 is 14.6 Å². The number of hydrogen-bond donors (Lipinski definition) is 1. The summed E-state index contributed by atoms with van der Waals surface area (Å²) in [6.45, 7) is 1.88. The zero-order valence-corrected chi connectivity index (χ0v) is 7.38. The number of cyclic esters (lactones) is 1.